The number of amides is 3. The van der Waals surface area contributed by atoms with Crippen molar-refractivity contribution in [3.63, 3.8) is 0 Å². The van der Waals surface area contributed by atoms with Crippen LogP contribution in [0, 0.1) is 5.92 Å². The molecule has 0 bridgehead atoms. The summed E-state index contributed by atoms with van der Waals surface area (Å²) in [5.41, 5.74) is 0. The molecule has 0 aromatic heterocycles. The first-order chi connectivity index (χ1) is 9.99. The van der Waals surface area contributed by atoms with Gasteiger partial charge in [0, 0.05) is 33.2 Å². The smallest absolute Gasteiger partial charge is 0.320 e. The zero-order chi connectivity index (χ0) is 15.4. The average Bonchev–Trinajstić information content (AvgIpc) is 3.00. The van der Waals surface area contributed by atoms with Crippen molar-refractivity contribution in [2.24, 2.45) is 5.92 Å². The molecular weight excluding hydrogens is 274 g/mol. The Morgan fingerprint density at radius 1 is 1.10 bits per heavy atom. The monoisotopic (exact) mass is 297 g/mol. The van der Waals surface area contributed by atoms with Crippen molar-refractivity contribution in [2.45, 2.75) is 25.7 Å². The molecule has 7 nitrogen and oxygen atoms in total. The summed E-state index contributed by atoms with van der Waals surface area (Å²) in [7, 11) is 1.60. The Bertz CT molecular complexity index is 420. The molecule has 0 saturated carbocycles. The molecule has 2 fully saturated rings. The fourth-order valence-corrected chi connectivity index (χ4v) is 2.93. The van der Waals surface area contributed by atoms with Gasteiger partial charge in [-0.05, 0) is 25.7 Å². The van der Waals surface area contributed by atoms with E-state index in [1.807, 2.05) is 0 Å². The summed E-state index contributed by atoms with van der Waals surface area (Å²) in [4.78, 5) is 40.1. The van der Waals surface area contributed by atoms with Crippen LogP contribution in [-0.4, -0.2) is 77.5 Å². The van der Waals surface area contributed by atoms with Crippen LogP contribution < -0.4 is 0 Å². The van der Waals surface area contributed by atoms with E-state index in [0.717, 1.165) is 25.9 Å². The number of carbonyl (C=O) groups is 3. The first kappa shape index (κ1) is 15.6. The maximum absolute atomic E-state index is 12.3. The highest BCUT2D eigenvalue weighted by Crippen LogP contribution is 2.18. The maximum Gasteiger partial charge on any atom is 0.320 e. The number of rotatable bonds is 3. The number of carbonyl (C=O) groups excluding carboxylic acids is 2. The number of aliphatic carboxylic acids is 1. The van der Waals surface area contributed by atoms with Crippen LogP contribution in [-0.2, 0) is 9.59 Å². The van der Waals surface area contributed by atoms with Gasteiger partial charge in [-0.1, -0.05) is 0 Å². The van der Waals surface area contributed by atoms with Gasteiger partial charge in [0.25, 0.3) is 0 Å². The molecule has 2 saturated heterocycles. The van der Waals surface area contributed by atoms with Crippen molar-refractivity contribution in [3.8, 4) is 0 Å². The van der Waals surface area contributed by atoms with Crippen molar-refractivity contribution in [2.75, 3.05) is 39.8 Å². The van der Waals surface area contributed by atoms with E-state index in [9.17, 15) is 14.4 Å². The van der Waals surface area contributed by atoms with Crippen molar-refractivity contribution < 1.29 is 19.5 Å². The topological polar surface area (TPSA) is 81.2 Å². The van der Waals surface area contributed by atoms with Crippen molar-refractivity contribution in [1.29, 1.82) is 0 Å². The minimum Gasteiger partial charge on any atom is -0.481 e. The van der Waals surface area contributed by atoms with Gasteiger partial charge in [0.05, 0.1) is 5.92 Å². The number of piperidine rings is 1. The summed E-state index contributed by atoms with van der Waals surface area (Å²) in [5, 5.41) is 9.05. The average molecular weight is 297 g/mol. The molecule has 7 heteroatoms. The van der Waals surface area contributed by atoms with Crippen LogP contribution in [0.15, 0.2) is 0 Å². The summed E-state index contributed by atoms with van der Waals surface area (Å²) in [6, 6.07) is -0.256. The van der Waals surface area contributed by atoms with E-state index in [4.69, 9.17) is 5.11 Å². The number of likely N-dealkylation sites (N-methyl/N-ethyl adjacent to an activating group) is 1. The van der Waals surface area contributed by atoms with Crippen LogP contribution in [0.4, 0.5) is 4.79 Å². The van der Waals surface area contributed by atoms with E-state index in [1.165, 1.54) is 4.90 Å². The lowest BCUT2D eigenvalue weighted by atomic mass is 9.99. The standard InChI is InChI=1S/C14H23N3O4/c1-15(10-12(18)16-6-2-3-7-16)14(21)17-8-4-5-11(9-17)13(19)20/h11H,2-10H2,1H3,(H,19,20)/t11-/m1/s1. The number of urea groups is 1. The van der Waals surface area contributed by atoms with Gasteiger partial charge in [0.15, 0.2) is 0 Å². The first-order valence-corrected chi connectivity index (χ1v) is 7.49. The molecule has 2 aliphatic heterocycles. The Kier molecular flexibility index (Phi) is 5.03. The van der Waals surface area contributed by atoms with E-state index in [1.54, 1.807) is 16.8 Å². The van der Waals surface area contributed by atoms with Gasteiger partial charge < -0.3 is 19.8 Å². The molecule has 2 aliphatic rings. The second-order valence-corrected chi connectivity index (χ2v) is 5.85. The van der Waals surface area contributed by atoms with Crippen LogP contribution in [0.1, 0.15) is 25.7 Å². The third kappa shape index (κ3) is 3.86. The highest BCUT2D eigenvalue weighted by atomic mass is 16.4. The number of nitrogens with zero attached hydrogens (tertiary/aromatic N) is 3. The summed E-state index contributed by atoms with van der Waals surface area (Å²) >= 11 is 0. The highest BCUT2D eigenvalue weighted by molar-refractivity contribution is 5.84. The third-order valence-electron chi connectivity index (χ3n) is 4.20. The summed E-state index contributed by atoms with van der Waals surface area (Å²) in [6.45, 7) is 2.39. The Morgan fingerprint density at radius 2 is 1.71 bits per heavy atom. The third-order valence-corrected chi connectivity index (χ3v) is 4.20. The lowest BCUT2D eigenvalue weighted by molar-refractivity contribution is -0.143. The predicted molar refractivity (Wildman–Crippen MR) is 75.8 cm³/mol. The summed E-state index contributed by atoms with van der Waals surface area (Å²) in [5.74, 6) is -1.39. The minimum absolute atomic E-state index is 0.0323. The summed E-state index contributed by atoms with van der Waals surface area (Å²) < 4.78 is 0. The minimum atomic E-state index is -0.858. The van der Waals surface area contributed by atoms with Crippen LogP contribution in [0.3, 0.4) is 0 Å². The molecule has 0 radical (unpaired) electrons. The molecule has 1 atom stereocenters. The fourth-order valence-electron chi connectivity index (χ4n) is 2.93. The zero-order valence-corrected chi connectivity index (χ0v) is 12.5. The second-order valence-electron chi connectivity index (χ2n) is 5.85. The van der Waals surface area contributed by atoms with Crippen molar-refractivity contribution in [1.82, 2.24) is 14.7 Å². The number of hydrogen-bond donors (Lipinski definition) is 1. The van der Waals surface area contributed by atoms with Crippen LogP contribution >= 0.6 is 0 Å². The lowest BCUT2D eigenvalue weighted by Gasteiger charge is -2.34. The quantitative estimate of drug-likeness (QED) is 0.820. The van der Waals surface area contributed by atoms with Gasteiger partial charge >= 0.3 is 12.0 Å². The Labute approximate surface area is 124 Å². The lowest BCUT2D eigenvalue weighted by Crippen LogP contribution is -2.50. The van der Waals surface area contributed by atoms with Crippen LogP contribution in [0.25, 0.3) is 0 Å². The predicted octanol–water partition coefficient (Wildman–Crippen LogP) is 0.457. The molecule has 3 amide bonds. The number of carboxylic acid groups (broad SMARTS) is 1. The van der Waals surface area contributed by atoms with Gasteiger partial charge in [-0.25, -0.2) is 4.79 Å². The van der Waals surface area contributed by atoms with Gasteiger partial charge in [-0.3, -0.25) is 9.59 Å². The molecule has 0 unspecified atom stereocenters. The highest BCUT2D eigenvalue weighted by Gasteiger charge is 2.30. The van der Waals surface area contributed by atoms with E-state index in [0.29, 0.717) is 19.4 Å². The van der Waals surface area contributed by atoms with E-state index in [2.05, 4.69) is 0 Å². The number of hydrogen-bond acceptors (Lipinski definition) is 3. The molecule has 2 heterocycles. The molecule has 0 aromatic rings. The van der Waals surface area contributed by atoms with Crippen LogP contribution in [0.2, 0.25) is 0 Å². The number of carboxylic acids is 1. The van der Waals surface area contributed by atoms with Crippen molar-refractivity contribution >= 4 is 17.9 Å². The Balaban J connectivity index is 1.86. The Hall–Kier alpha value is -1.79. The van der Waals surface area contributed by atoms with E-state index >= 15 is 0 Å². The molecule has 1 N–H and O–H groups in total. The molecule has 118 valence electrons. The van der Waals surface area contributed by atoms with E-state index < -0.39 is 11.9 Å². The largest absolute Gasteiger partial charge is 0.481 e. The SMILES string of the molecule is CN(CC(=O)N1CCCC1)C(=O)N1CCC[C@@H](C(=O)O)C1. The van der Waals surface area contributed by atoms with Gasteiger partial charge in [-0.15, -0.1) is 0 Å². The molecule has 0 aromatic carbocycles. The Morgan fingerprint density at radius 3 is 2.33 bits per heavy atom. The second kappa shape index (κ2) is 6.78. The number of likely N-dealkylation sites (tertiary alicyclic amines) is 2. The van der Waals surface area contributed by atoms with Crippen molar-refractivity contribution in [3.05, 3.63) is 0 Å². The molecule has 21 heavy (non-hydrogen) atoms. The summed E-state index contributed by atoms with van der Waals surface area (Å²) in [6.07, 6.45) is 3.35. The first-order valence-electron chi connectivity index (χ1n) is 7.49. The van der Waals surface area contributed by atoms with Gasteiger partial charge in [-0.2, -0.15) is 0 Å². The van der Waals surface area contributed by atoms with Gasteiger partial charge in [0.1, 0.15) is 6.54 Å². The maximum atomic E-state index is 12.3. The normalized spacial score (nSPS) is 22.2. The molecule has 0 aliphatic carbocycles. The van der Waals surface area contributed by atoms with E-state index in [-0.39, 0.29) is 25.0 Å². The fraction of sp³-hybridized carbons (Fsp3) is 0.786. The zero-order valence-electron chi connectivity index (χ0n) is 12.5. The molecular formula is C14H23N3O4. The van der Waals surface area contributed by atoms with Crippen LogP contribution in [0.5, 0.6) is 0 Å². The molecule has 0 spiro atoms. The van der Waals surface area contributed by atoms with Gasteiger partial charge in [0.2, 0.25) is 5.91 Å². The molecule has 2 rings (SSSR count).